The molecule has 3 saturated heterocycles. The summed E-state index contributed by atoms with van der Waals surface area (Å²) in [6, 6.07) is 5.87. The smallest absolute Gasteiger partial charge is 0.252 e. The van der Waals surface area contributed by atoms with Crippen molar-refractivity contribution in [1.29, 1.82) is 0 Å². The van der Waals surface area contributed by atoms with E-state index in [1.807, 2.05) is 4.90 Å². The predicted octanol–water partition coefficient (Wildman–Crippen LogP) is 3.33. The van der Waals surface area contributed by atoms with E-state index in [1.54, 1.807) is 0 Å². The van der Waals surface area contributed by atoms with Crippen molar-refractivity contribution in [2.75, 3.05) is 44.2 Å². The van der Waals surface area contributed by atoms with Crippen LogP contribution >= 0.6 is 0 Å². The van der Waals surface area contributed by atoms with Gasteiger partial charge in [0.25, 0.3) is 5.91 Å². The first kappa shape index (κ1) is 24.0. The molecule has 4 aliphatic heterocycles. The van der Waals surface area contributed by atoms with Crippen molar-refractivity contribution in [3.63, 3.8) is 0 Å². The summed E-state index contributed by atoms with van der Waals surface area (Å²) >= 11 is 0. The van der Waals surface area contributed by atoms with Crippen molar-refractivity contribution < 1.29 is 4.79 Å². The van der Waals surface area contributed by atoms with E-state index in [4.69, 9.17) is 5.73 Å². The van der Waals surface area contributed by atoms with Gasteiger partial charge in [-0.15, -0.1) is 0 Å². The van der Waals surface area contributed by atoms with Gasteiger partial charge in [0.1, 0.15) is 0 Å². The minimum absolute atomic E-state index is 0.133. The number of anilines is 1. The lowest BCUT2D eigenvalue weighted by atomic mass is 9.90. The fraction of sp³-hybridized carbons (Fsp3) is 0.621. The van der Waals surface area contributed by atoms with E-state index in [-0.39, 0.29) is 11.9 Å². The van der Waals surface area contributed by atoms with Gasteiger partial charge in [0.2, 0.25) is 0 Å². The third-order valence-electron chi connectivity index (χ3n) is 9.28. The van der Waals surface area contributed by atoms with Crippen LogP contribution < -0.4 is 16.0 Å². The molecule has 0 spiro atoms. The Balaban J connectivity index is 1.36. The number of hydrogen-bond donors (Lipinski definition) is 2. The second-order valence-electron chi connectivity index (χ2n) is 11.7. The van der Waals surface area contributed by atoms with E-state index in [0.717, 1.165) is 56.0 Å². The molecule has 0 saturated carbocycles. The van der Waals surface area contributed by atoms with Crippen LogP contribution in [-0.2, 0) is 4.79 Å². The number of nitrogens with one attached hydrogen (secondary N) is 1. The number of rotatable bonds is 5. The number of fused-ring (bicyclic) bond motifs is 2. The number of nitrogens with zero attached hydrogens (tertiary/aromatic N) is 4. The Kier molecular flexibility index (Phi) is 5.93. The van der Waals surface area contributed by atoms with Gasteiger partial charge in [0.05, 0.1) is 23.6 Å². The summed E-state index contributed by atoms with van der Waals surface area (Å²) < 4.78 is 2.37. The van der Waals surface area contributed by atoms with E-state index in [2.05, 4.69) is 72.6 Å². The Bertz CT molecular complexity index is 1210. The van der Waals surface area contributed by atoms with Gasteiger partial charge in [0, 0.05) is 74.2 Å². The number of hydrogen-bond acceptors (Lipinski definition) is 5. The molecule has 3 atom stereocenters. The molecule has 6 rings (SSSR count). The molecular formula is C29H42N6O. The molecule has 0 aliphatic carbocycles. The van der Waals surface area contributed by atoms with Gasteiger partial charge < -0.3 is 25.4 Å². The molecule has 194 valence electrons. The summed E-state index contributed by atoms with van der Waals surface area (Å²) in [4.78, 5) is 20.5. The van der Waals surface area contributed by atoms with Crippen molar-refractivity contribution in [1.82, 2.24) is 19.7 Å². The largest absolute Gasteiger partial charge is 0.371 e. The number of aryl methyl sites for hydroxylation is 1. The fourth-order valence-corrected chi connectivity index (χ4v) is 7.23. The first-order chi connectivity index (χ1) is 17.3. The van der Waals surface area contributed by atoms with E-state index in [0.29, 0.717) is 18.1 Å². The zero-order chi connectivity index (χ0) is 25.3. The Morgan fingerprint density at radius 1 is 1.06 bits per heavy atom. The number of piperidine rings is 1. The van der Waals surface area contributed by atoms with E-state index < -0.39 is 6.04 Å². The molecule has 0 radical (unpaired) electrons. The molecule has 3 unspecified atom stereocenters. The lowest BCUT2D eigenvalue weighted by molar-refractivity contribution is -0.122. The molecule has 0 bridgehead atoms. The third kappa shape index (κ3) is 3.70. The van der Waals surface area contributed by atoms with Gasteiger partial charge in [-0.1, -0.05) is 0 Å². The zero-order valence-electron chi connectivity index (χ0n) is 22.6. The lowest BCUT2D eigenvalue weighted by Crippen LogP contribution is -2.52. The Morgan fingerprint density at radius 2 is 1.75 bits per heavy atom. The summed E-state index contributed by atoms with van der Waals surface area (Å²) in [5, 5.41) is 4.69. The summed E-state index contributed by atoms with van der Waals surface area (Å²) in [6.45, 7) is 17.5. The minimum Gasteiger partial charge on any atom is -0.371 e. The maximum absolute atomic E-state index is 13.3. The quantitative estimate of drug-likeness (QED) is 0.630. The standard InChI is InChI=1S/C29H42N6O/c1-17(2)34-16-18(3)25-23(27(30)26-19(4)28-20(5)35(28)29(26)36)14-22(15-24(25)34)32-10-6-21(7-11-32)33-12-8-31-9-13-33/h14-17,20-21,27-28,31H,6-13,30H2,1-5H3. The summed E-state index contributed by atoms with van der Waals surface area (Å²) in [5.41, 5.74) is 13.8. The Morgan fingerprint density at radius 3 is 2.36 bits per heavy atom. The first-order valence-corrected chi connectivity index (χ1v) is 13.9. The average molecular weight is 491 g/mol. The average Bonchev–Trinajstić information content (AvgIpc) is 3.32. The Labute approximate surface area is 215 Å². The van der Waals surface area contributed by atoms with Crippen molar-refractivity contribution in [3.8, 4) is 0 Å². The van der Waals surface area contributed by atoms with Gasteiger partial charge in [-0.3, -0.25) is 9.69 Å². The van der Waals surface area contributed by atoms with Crippen LogP contribution in [0.25, 0.3) is 10.9 Å². The molecule has 5 heterocycles. The summed E-state index contributed by atoms with van der Waals surface area (Å²) in [5.74, 6) is 0.133. The van der Waals surface area contributed by atoms with E-state index in [9.17, 15) is 4.79 Å². The minimum atomic E-state index is -0.403. The highest BCUT2D eigenvalue weighted by Gasteiger charge is 2.56. The highest BCUT2D eigenvalue weighted by Crippen LogP contribution is 2.47. The van der Waals surface area contributed by atoms with Crippen molar-refractivity contribution in [2.24, 2.45) is 5.73 Å². The normalized spacial score (nSPS) is 26.5. The number of nitrogens with two attached hydrogens (primary N) is 1. The van der Waals surface area contributed by atoms with Crippen LogP contribution in [0.2, 0.25) is 0 Å². The summed E-state index contributed by atoms with van der Waals surface area (Å²) in [7, 11) is 0. The van der Waals surface area contributed by atoms with Gasteiger partial charge in [-0.2, -0.15) is 0 Å². The highest BCUT2D eigenvalue weighted by atomic mass is 16.2. The van der Waals surface area contributed by atoms with Gasteiger partial charge >= 0.3 is 0 Å². The fourth-order valence-electron chi connectivity index (χ4n) is 7.23. The predicted molar refractivity (Wildman–Crippen MR) is 146 cm³/mol. The van der Waals surface area contributed by atoms with E-state index in [1.165, 1.54) is 35.0 Å². The molecule has 4 aliphatic rings. The Hall–Kier alpha value is -2.35. The van der Waals surface area contributed by atoms with Gasteiger partial charge in [-0.25, -0.2) is 0 Å². The SMILES string of the molecule is CC1=C(C(N)c2cc(N3CCC(N4CCNCC4)CC3)cc3c2c(C)cn3C(C)C)C(=O)N2C(C)C12. The lowest BCUT2D eigenvalue weighted by Gasteiger charge is -2.41. The number of carbonyl (C=O) groups excluding carboxylic acids is 1. The zero-order valence-corrected chi connectivity index (χ0v) is 22.6. The number of amides is 1. The number of aromatic nitrogens is 1. The molecule has 2 aromatic rings. The molecule has 36 heavy (non-hydrogen) atoms. The second-order valence-corrected chi connectivity index (χ2v) is 11.7. The first-order valence-electron chi connectivity index (χ1n) is 13.9. The molecule has 1 aromatic heterocycles. The molecule has 1 aromatic carbocycles. The van der Waals surface area contributed by atoms with Crippen LogP contribution in [0.5, 0.6) is 0 Å². The van der Waals surface area contributed by atoms with Gasteiger partial charge in [0.15, 0.2) is 0 Å². The maximum Gasteiger partial charge on any atom is 0.252 e. The van der Waals surface area contributed by atoms with Crippen LogP contribution in [0.3, 0.4) is 0 Å². The van der Waals surface area contributed by atoms with Crippen LogP contribution in [0.4, 0.5) is 5.69 Å². The number of piperazine rings is 1. The number of benzene rings is 1. The number of carbonyl (C=O) groups is 1. The van der Waals surface area contributed by atoms with E-state index >= 15 is 0 Å². The van der Waals surface area contributed by atoms with Crippen molar-refractivity contribution in [2.45, 2.75) is 77.7 Å². The topological polar surface area (TPSA) is 69.5 Å². The monoisotopic (exact) mass is 490 g/mol. The molecule has 7 heteroatoms. The molecule has 3 fully saturated rings. The van der Waals surface area contributed by atoms with Crippen LogP contribution in [0.15, 0.2) is 29.5 Å². The maximum atomic E-state index is 13.3. The van der Waals surface area contributed by atoms with Crippen LogP contribution in [0.1, 0.15) is 63.7 Å². The summed E-state index contributed by atoms with van der Waals surface area (Å²) in [6.07, 6.45) is 4.65. The second kappa shape index (κ2) is 8.89. The van der Waals surface area contributed by atoms with Gasteiger partial charge in [-0.05, 0) is 76.3 Å². The molecular weight excluding hydrogens is 448 g/mol. The molecule has 1 amide bonds. The van der Waals surface area contributed by atoms with Crippen LogP contribution in [0, 0.1) is 6.92 Å². The van der Waals surface area contributed by atoms with Crippen molar-refractivity contribution >= 4 is 22.5 Å². The molecule has 3 N–H and O–H groups in total. The molecule has 7 nitrogen and oxygen atoms in total. The van der Waals surface area contributed by atoms with Crippen molar-refractivity contribution in [3.05, 3.63) is 40.6 Å². The highest BCUT2D eigenvalue weighted by molar-refractivity contribution is 6.03. The third-order valence-corrected chi connectivity index (χ3v) is 9.28. The van der Waals surface area contributed by atoms with Crippen LogP contribution in [-0.4, -0.2) is 77.7 Å².